The molecule has 326 valence electrons. The van der Waals surface area contributed by atoms with Crippen molar-refractivity contribution in [1.82, 2.24) is 35.2 Å². The number of aromatic nitrogens is 3. The Kier molecular flexibility index (Phi) is 11.5. The number of hydrogen-bond donors (Lipinski definition) is 2. The third kappa shape index (κ3) is 7.85. The topological polar surface area (TPSA) is 143 Å². The molecule has 1 saturated carbocycles. The number of hydrazine groups is 1. The van der Waals surface area contributed by atoms with Gasteiger partial charge in [0, 0.05) is 91.7 Å². The third-order valence-corrected chi connectivity index (χ3v) is 15.1. The minimum absolute atomic E-state index is 0.142. The van der Waals surface area contributed by atoms with Crippen LogP contribution in [0.4, 0.5) is 5.69 Å². The summed E-state index contributed by atoms with van der Waals surface area (Å²) in [6.45, 7) is 15.8. The standard InChI is InChI=1S/C46H60N8O6S/c1-8-53-36-12-11-29-20-31(36)33(40(53)32-21-30(23-47-38(32)28(4)58-7)52-17-15-51(6)16-18-52)22-46(5)13-19-59-41(43-48-35(29)24-61-43)39(49-42(55)37-26(2)27(37)3)44(56)54-14-9-10-34(50-54)45(57)60-25-46/h11-12,20-21,23-24,26-28,34,37,39,41,50H,8-10,13-19,22,25H2,1-7H3,(H,49,55)/t26-,27+,28-,34-,37+,39-,41-,46?/m0/s1. The zero-order valence-electron chi connectivity index (χ0n) is 36.5. The second-order valence-corrected chi connectivity index (χ2v) is 19.2. The van der Waals surface area contributed by atoms with Crippen LogP contribution in [-0.2, 0) is 41.6 Å². The summed E-state index contributed by atoms with van der Waals surface area (Å²) in [5.74, 6) is -0.669. The molecule has 4 fully saturated rings. The maximum absolute atomic E-state index is 14.7. The molecule has 7 heterocycles. The lowest BCUT2D eigenvalue weighted by molar-refractivity contribution is -0.156. The van der Waals surface area contributed by atoms with Crippen molar-refractivity contribution in [3.8, 4) is 22.5 Å². The molecule has 61 heavy (non-hydrogen) atoms. The van der Waals surface area contributed by atoms with Gasteiger partial charge in [0.05, 0.1) is 41.7 Å². The van der Waals surface area contributed by atoms with Crippen molar-refractivity contribution in [2.24, 2.45) is 23.2 Å². The van der Waals surface area contributed by atoms with Crippen LogP contribution in [0, 0.1) is 23.2 Å². The van der Waals surface area contributed by atoms with E-state index in [1.165, 1.54) is 16.3 Å². The monoisotopic (exact) mass is 852 g/mol. The van der Waals surface area contributed by atoms with Gasteiger partial charge in [-0.3, -0.25) is 24.4 Å². The molecule has 2 amide bonds. The first-order chi connectivity index (χ1) is 29.4. The number of benzene rings is 1. The van der Waals surface area contributed by atoms with E-state index in [4.69, 9.17) is 24.2 Å². The van der Waals surface area contributed by atoms with Crippen molar-refractivity contribution in [1.29, 1.82) is 0 Å². The minimum Gasteiger partial charge on any atom is -0.464 e. The molecule has 2 N–H and O–H groups in total. The molecule has 4 aromatic rings. The van der Waals surface area contributed by atoms with Gasteiger partial charge in [-0.2, -0.15) is 0 Å². The Morgan fingerprint density at radius 3 is 2.66 bits per heavy atom. The van der Waals surface area contributed by atoms with Crippen molar-refractivity contribution >= 4 is 45.7 Å². The second kappa shape index (κ2) is 16.7. The van der Waals surface area contributed by atoms with Gasteiger partial charge in [0.2, 0.25) is 5.91 Å². The number of nitrogens with one attached hydrogen (secondary N) is 2. The average molecular weight is 853 g/mol. The Morgan fingerprint density at radius 2 is 1.92 bits per heavy atom. The summed E-state index contributed by atoms with van der Waals surface area (Å²) in [5, 5.41) is 8.35. The number of nitrogens with zero attached hydrogens (tertiary/aromatic N) is 6. The number of cyclic esters (lactones) is 1. The Morgan fingerprint density at radius 1 is 1.13 bits per heavy atom. The fourth-order valence-corrected chi connectivity index (χ4v) is 10.9. The summed E-state index contributed by atoms with van der Waals surface area (Å²) in [5.41, 5.74) is 10.5. The lowest BCUT2D eigenvalue weighted by atomic mass is 9.79. The first-order valence-corrected chi connectivity index (χ1v) is 23.0. The molecule has 0 spiro atoms. The number of anilines is 1. The highest BCUT2D eigenvalue weighted by Crippen LogP contribution is 2.47. The largest absolute Gasteiger partial charge is 0.464 e. The molecular formula is C46H60N8O6S. The minimum atomic E-state index is -1.07. The number of pyridine rings is 1. The van der Waals surface area contributed by atoms with E-state index in [1.54, 1.807) is 7.11 Å². The van der Waals surface area contributed by atoms with Gasteiger partial charge >= 0.3 is 5.97 Å². The summed E-state index contributed by atoms with van der Waals surface area (Å²) in [6.07, 6.45) is 3.03. The molecule has 0 radical (unpaired) electrons. The summed E-state index contributed by atoms with van der Waals surface area (Å²) >= 11 is 1.43. The molecule has 14 nitrogen and oxygen atoms in total. The number of ether oxygens (including phenoxy) is 3. The van der Waals surface area contributed by atoms with Crippen LogP contribution in [0.2, 0.25) is 0 Å². The number of thiazole rings is 1. The average Bonchev–Trinajstić information content (AvgIpc) is 3.54. The summed E-state index contributed by atoms with van der Waals surface area (Å²) in [6, 6.07) is 7.05. The lowest BCUT2D eigenvalue weighted by Crippen LogP contribution is -2.61. The van der Waals surface area contributed by atoms with E-state index in [-0.39, 0.29) is 48.9 Å². The van der Waals surface area contributed by atoms with Crippen LogP contribution < -0.4 is 15.6 Å². The summed E-state index contributed by atoms with van der Waals surface area (Å²) in [4.78, 5) is 57.7. The van der Waals surface area contributed by atoms with Crippen LogP contribution in [0.25, 0.3) is 33.4 Å². The van der Waals surface area contributed by atoms with Gasteiger partial charge in [-0.15, -0.1) is 11.3 Å². The van der Waals surface area contributed by atoms with E-state index in [0.29, 0.717) is 43.8 Å². The Labute approximate surface area is 362 Å². The highest BCUT2D eigenvalue weighted by Gasteiger charge is 2.50. The van der Waals surface area contributed by atoms with Gasteiger partial charge in [-0.05, 0) is 82.2 Å². The van der Waals surface area contributed by atoms with Crippen LogP contribution in [0.3, 0.4) is 0 Å². The number of hydrogen-bond acceptors (Lipinski definition) is 12. The first kappa shape index (κ1) is 41.9. The first-order valence-electron chi connectivity index (χ1n) is 22.1. The highest BCUT2D eigenvalue weighted by atomic mass is 32.1. The van der Waals surface area contributed by atoms with Gasteiger partial charge < -0.3 is 33.9 Å². The van der Waals surface area contributed by atoms with Crippen molar-refractivity contribution in [3.05, 3.63) is 52.1 Å². The number of esters is 1. The number of aryl methyl sites for hydroxylation is 1. The maximum Gasteiger partial charge on any atom is 0.324 e. The molecule has 4 aliphatic heterocycles. The molecule has 9 rings (SSSR count). The smallest absolute Gasteiger partial charge is 0.324 e. The Hall–Kier alpha value is -4.41. The SMILES string of the molecule is CCn1c(-c2cc(N3CCN(C)CC3)cnc2[C@H](C)OC)c2c3cc(ccc31)-c1csc(n1)[C@H]1OCCC(C)(COC(=O)[C@@H]3CCCN(N3)C(=O)[C@H]1NC(=O)[C@H]1[C@H](C)[C@@H]1C)C2. The van der Waals surface area contributed by atoms with Crippen LogP contribution in [-0.4, -0.2) is 114 Å². The van der Waals surface area contributed by atoms with Crippen LogP contribution in [0.1, 0.15) is 82.4 Å². The van der Waals surface area contributed by atoms with E-state index in [2.05, 4.69) is 84.1 Å². The summed E-state index contributed by atoms with van der Waals surface area (Å²) in [7, 11) is 3.89. The number of amides is 2. The fraction of sp³-hybridized carbons (Fsp3) is 0.587. The molecular weight excluding hydrogens is 793 g/mol. The zero-order valence-corrected chi connectivity index (χ0v) is 37.3. The number of likely N-dealkylation sites (N-methyl/N-ethyl adjacent to an activating group) is 1. The van der Waals surface area contributed by atoms with Gasteiger partial charge in [0.15, 0.2) is 0 Å². The normalized spacial score (nSPS) is 29.0. The number of methoxy groups -OCH3 is 1. The van der Waals surface area contributed by atoms with Crippen LogP contribution in [0.5, 0.6) is 0 Å². The van der Waals surface area contributed by atoms with Crippen LogP contribution >= 0.6 is 11.3 Å². The fourth-order valence-electron chi connectivity index (χ4n) is 9.94. The molecule has 5 aliphatic rings. The predicted octanol–water partition coefficient (Wildman–Crippen LogP) is 5.76. The van der Waals surface area contributed by atoms with Gasteiger partial charge in [-0.25, -0.2) is 10.4 Å². The van der Waals surface area contributed by atoms with Crippen molar-refractivity contribution in [3.63, 3.8) is 0 Å². The zero-order chi connectivity index (χ0) is 42.7. The Bertz CT molecular complexity index is 2310. The molecule has 1 aromatic carbocycles. The van der Waals surface area contributed by atoms with E-state index < -0.39 is 29.6 Å². The van der Waals surface area contributed by atoms with E-state index in [1.807, 2.05) is 18.5 Å². The van der Waals surface area contributed by atoms with Gasteiger partial charge in [-0.1, -0.05) is 26.8 Å². The quantitative estimate of drug-likeness (QED) is 0.220. The van der Waals surface area contributed by atoms with Gasteiger partial charge in [0.25, 0.3) is 5.91 Å². The van der Waals surface area contributed by atoms with Crippen molar-refractivity contribution in [2.45, 2.75) is 91.1 Å². The molecule has 3 aromatic heterocycles. The molecule has 1 aliphatic carbocycles. The number of carbonyl (C=O) groups excluding carboxylic acids is 3. The molecule has 3 saturated heterocycles. The predicted molar refractivity (Wildman–Crippen MR) is 235 cm³/mol. The number of rotatable bonds is 7. The molecule has 8 atom stereocenters. The number of piperazine rings is 1. The van der Waals surface area contributed by atoms with E-state index in [0.717, 1.165) is 76.5 Å². The molecule has 1 unspecified atom stereocenters. The maximum atomic E-state index is 14.7. The number of fused-ring (bicyclic) bond motifs is 11. The van der Waals surface area contributed by atoms with Gasteiger partial charge in [0.1, 0.15) is 23.2 Å². The van der Waals surface area contributed by atoms with Crippen molar-refractivity contribution in [2.75, 3.05) is 65.0 Å². The third-order valence-electron chi connectivity index (χ3n) is 14.2. The van der Waals surface area contributed by atoms with Crippen LogP contribution in [0.15, 0.2) is 35.8 Å². The van der Waals surface area contributed by atoms with E-state index in [9.17, 15) is 14.4 Å². The lowest BCUT2D eigenvalue weighted by Gasteiger charge is -2.36. The Balaban J connectivity index is 1.22. The summed E-state index contributed by atoms with van der Waals surface area (Å²) < 4.78 is 21.5. The number of carbonyl (C=O) groups is 3. The molecule has 8 bridgehead atoms. The highest BCUT2D eigenvalue weighted by molar-refractivity contribution is 7.10. The second-order valence-electron chi connectivity index (χ2n) is 18.3. The molecule has 15 heteroatoms. The van der Waals surface area contributed by atoms with Crippen molar-refractivity contribution < 1.29 is 28.6 Å². The van der Waals surface area contributed by atoms with E-state index >= 15 is 0 Å².